The van der Waals surface area contributed by atoms with Crippen LogP contribution in [0, 0.1) is 5.41 Å². The van der Waals surface area contributed by atoms with Crippen LogP contribution in [0.3, 0.4) is 0 Å². The maximum atomic E-state index is 11.8. The summed E-state index contributed by atoms with van der Waals surface area (Å²) in [6, 6.07) is 0. The van der Waals surface area contributed by atoms with E-state index in [9.17, 15) is 4.79 Å². The SMILES string of the molecule is CC1(CNC(=O)C2(N)CCOC2)COC1. The van der Waals surface area contributed by atoms with Gasteiger partial charge in [-0.1, -0.05) is 6.92 Å². The number of carbonyl (C=O) groups is 1. The minimum Gasteiger partial charge on any atom is -0.380 e. The van der Waals surface area contributed by atoms with Gasteiger partial charge in [0, 0.05) is 18.6 Å². The molecule has 5 nitrogen and oxygen atoms in total. The first-order valence-electron chi connectivity index (χ1n) is 5.27. The average Bonchev–Trinajstić information content (AvgIpc) is 2.60. The predicted octanol–water partition coefficient (Wildman–Crippen LogP) is -0.743. The summed E-state index contributed by atoms with van der Waals surface area (Å²) in [6.07, 6.45) is 0.603. The van der Waals surface area contributed by atoms with E-state index in [0.717, 1.165) is 0 Å². The normalized spacial score (nSPS) is 33.5. The summed E-state index contributed by atoms with van der Waals surface area (Å²) in [7, 11) is 0. The second kappa shape index (κ2) is 3.73. The Morgan fingerprint density at radius 2 is 2.13 bits per heavy atom. The number of hydrogen-bond donors (Lipinski definition) is 2. The molecule has 2 saturated heterocycles. The van der Waals surface area contributed by atoms with E-state index in [4.69, 9.17) is 15.2 Å². The monoisotopic (exact) mass is 214 g/mol. The van der Waals surface area contributed by atoms with Crippen molar-refractivity contribution in [2.75, 3.05) is 33.0 Å². The molecular weight excluding hydrogens is 196 g/mol. The minimum atomic E-state index is -0.818. The van der Waals surface area contributed by atoms with E-state index in [1.807, 2.05) is 0 Å². The Hall–Kier alpha value is -0.650. The molecule has 2 aliphatic rings. The van der Waals surface area contributed by atoms with Crippen LogP contribution in [0.2, 0.25) is 0 Å². The molecule has 0 bridgehead atoms. The van der Waals surface area contributed by atoms with Gasteiger partial charge in [0.25, 0.3) is 0 Å². The zero-order valence-electron chi connectivity index (χ0n) is 9.04. The third kappa shape index (κ3) is 2.14. The second-order valence-electron chi connectivity index (χ2n) is 4.94. The lowest BCUT2D eigenvalue weighted by atomic mass is 9.88. The second-order valence-corrected chi connectivity index (χ2v) is 4.94. The lowest BCUT2D eigenvalue weighted by Crippen LogP contribution is -2.58. The fourth-order valence-corrected chi connectivity index (χ4v) is 1.78. The van der Waals surface area contributed by atoms with Crippen LogP contribution in [-0.4, -0.2) is 44.4 Å². The molecule has 2 heterocycles. The lowest BCUT2D eigenvalue weighted by Gasteiger charge is -2.38. The summed E-state index contributed by atoms with van der Waals surface area (Å²) in [4.78, 5) is 11.8. The molecule has 5 heteroatoms. The van der Waals surface area contributed by atoms with Gasteiger partial charge >= 0.3 is 0 Å². The van der Waals surface area contributed by atoms with E-state index in [1.54, 1.807) is 0 Å². The van der Waals surface area contributed by atoms with Crippen LogP contribution in [0.25, 0.3) is 0 Å². The molecule has 0 saturated carbocycles. The van der Waals surface area contributed by atoms with Crippen LogP contribution in [0.4, 0.5) is 0 Å². The van der Waals surface area contributed by atoms with Crippen LogP contribution in [0.15, 0.2) is 0 Å². The molecule has 2 fully saturated rings. The number of hydrogen-bond acceptors (Lipinski definition) is 4. The number of carbonyl (C=O) groups excluding carboxylic acids is 1. The van der Waals surface area contributed by atoms with E-state index < -0.39 is 5.54 Å². The molecule has 0 radical (unpaired) electrons. The molecule has 15 heavy (non-hydrogen) atoms. The van der Waals surface area contributed by atoms with Gasteiger partial charge in [0.2, 0.25) is 5.91 Å². The van der Waals surface area contributed by atoms with Crippen LogP contribution < -0.4 is 11.1 Å². The van der Waals surface area contributed by atoms with E-state index >= 15 is 0 Å². The maximum absolute atomic E-state index is 11.8. The van der Waals surface area contributed by atoms with Gasteiger partial charge in [-0.3, -0.25) is 4.79 Å². The zero-order chi connectivity index (χ0) is 10.9. The molecule has 1 amide bonds. The summed E-state index contributed by atoms with van der Waals surface area (Å²) in [5.74, 6) is -0.104. The number of amides is 1. The van der Waals surface area contributed by atoms with Gasteiger partial charge in [0.1, 0.15) is 5.54 Å². The summed E-state index contributed by atoms with van der Waals surface area (Å²) in [5.41, 5.74) is 5.19. The van der Waals surface area contributed by atoms with Crippen molar-refractivity contribution in [3.05, 3.63) is 0 Å². The molecule has 86 valence electrons. The zero-order valence-corrected chi connectivity index (χ0v) is 9.04. The Kier molecular flexibility index (Phi) is 2.70. The van der Waals surface area contributed by atoms with Crippen molar-refractivity contribution < 1.29 is 14.3 Å². The summed E-state index contributed by atoms with van der Waals surface area (Å²) >= 11 is 0. The average molecular weight is 214 g/mol. The van der Waals surface area contributed by atoms with Gasteiger partial charge in [0.05, 0.1) is 19.8 Å². The Labute approximate surface area is 89.3 Å². The first kappa shape index (κ1) is 10.9. The van der Waals surface area contributed by atoms with Crippen LogP contribution in [-0.2, 0) is 14.3 Å². The quantitative estimate of drug-likeness (QED) is 0.649. The van der Waals surface area contributed by atoms with Gasteiger partial charge in [-0.05, 0) is 6.42 Å². The van der Waals surface area contributed by atoms with Gasteiger partial charge in [-0.25, -0.2) is 0 Å². The third-order valence-electron chi connectivity index (χ3n) is 3.08. The predicted molar refractivity (Wildman–Crippen MR) is 54.3 cm³/mol. The largest absolute Gasteiger partial charge is 0.380 e. The van der Waals surface area contributed by atoms with Crippen molar-refractivity contribution in [1.29, 1.82) is 0 Å². The van der Waals surface area contributed by atoms with Gasteiger partial charge < -0.3 is 20.5 Å². The van der Waals surface area contributed by atoms with Crippen LogP contribution in [0.1, 0.15) is 13.3 Å². The van der Waals surface area contributed by atoms with Crippen LogP contribution in [0.5, 0.6) is 0 Å². The van der Waals surface area contributed by atoms with E-state index in [-0.39, 0.29) is 11.3 Å². The van der Waals surface area contributed by atoms with Gasteiger partial charge in [0.15, 0.2) is 0 Å². The molecule has 0 aromatic heterocycles. The molecule has 0 aromatic rings. The number of nitrogens with two attached hydrogens (primary N) is 1. The number of ether oxygens (including phenoxy) is 2. The molecule has 0 aliphatic carbocycles. The summed E-state index contributed by atoms with van der Waals surface area (Å²) in [5, 5.41) is 2.88. The minimum absolute atomic E-state index is 0.0888. The van der Waals surface area contributed by atoms with Crippen molar-refractivity contribution >= 4 is 5.91 Å². The Balaban J connectivity index is 1.81. The molecule has 1 unspecified atom stereocenters. The third-order valence-corrected chi connectivity index (χ3v) is 3.08. The highest BCUT2D eigenvalue weighted by Gasteiger charge is 2.40. The maximum Gasteiger partial charge on any atom is 0.242 e. The van der Waals surface area contributed by atoms with Gasteiger partial charge in [-0.2, -0.15) is 0 Å². The topological polar surface area (TPSA) is 73.6 Å². The molecule has 0 spiro atoms. The van der Waals surface area contributed by atoms with Crippen molar-refractivity contribution in [3.8, 4) is 0 Å². The van der Waals surface area contributed by atoms with Crippen molar-refractivity contribution in [2.24, 2.45) is 11.1 Å². The first-order valence-corrected chi connectivity index (χ1v) is 5.27. The van der Waals surface area contributed by atoms with Crippen molar-refractivity contribution in [1.82, 2.24) is 5.32 Å². The highest BCUT2D eigenvalue weighted by Crippen LogP contribution is 2.25. The summed E-state index contributed by atoms with van der Waals surface area (Å²) in [6.45, 7) is 5.04. The van der Waals surface area contributed by atoms with E-state index in [2.05, 4.69) is 12.2 Å². The number of nitrogens with one attached hydrogen (secondary N) is 1. The molecule has 0 aromatic carbocycles. The standard InChI is InChI=1S/C10H18N2O3/c1-9(5-15-6-9)4-12-8(13)10(11)2-3-14-7-10/h2-7,11H2,1H3,(H,12,13). The first-order chi connectivity index (χ1) is 7.04. The van der Waals surface area contributed by atoms with Crippen molar-refractivity contribution in [3.63, 3.8) is 0 Å². The number of rotatable bonds is 3. The van der Waals surface area contributed by atoms with Gasteiger partial charge in [-0.15, -0.1) is 0 Å². The smallest absolute Gasteiger partial charge is 0.242 e. The fraction of sp³-hybridized carbons (Fsp3) is 0.900. The van der Waals surface area contributed by atoms with E-state index in [1.165, 1.54) is 0 Å². The highest BCUT2D eigenvalue weighted by atomic mass is 16.5. The lowest BCUT2D eigenvalue weighted by molar-refractivity contribution is -0.131. The molecule has 2 rings (SSSR count). The summed E-state index contributed by atoms with van der Waals surface area (Å²) < 4.78 is 10.3. The van der Waals surface area contributed by atoms with E-state index in [0.29, 0.717) is 39.4 Å². The highest BCUT2D eigenvalue weighted by molar-refractivity contribution is 5.86. The molecule has 1 atom stereocenters. The fourth-order valence-electron chi connectivity index (χ4n) is 1.78. The Bertz CT molecular complexity index is 257. The Morgan fingerprint density at radius 3 is 2.60 bits per heavy atom. The molecule has 2 aliphatic heterocycles. The van der Waals surface area contributed by atoms with Crippen molar-refractivity contribution in [2.45, 2.75) is 18.9 Å². The van der Waals surface area contributed by atoms with Crippen LogP contribution >= 0.6 is 0 Å². The molecular formula is C10H18N2O3. The molecule has 3 N–H and O–H groups in total. The Morgan fingerprint density at radius 1 is 1.40 bits per heavy atom.